The molecule has 1 fully saturated rings. The Balaban J connectivity index is 2.40. The van der Waals surface area contributed by atoms with E-state index in [1.165, 1.54) is 0 Å². The van der Waals surface area contributed by atoms with Gasteiger partial charge in [0, 0.05) is 26.1 Å². The van der Waals surface area contributed by atoms with Gasteiger partial charge < -0.3 is 15.7 Å². The van der Waals surface area contributed by atoms with Crippen LogP contribution in [0.5, 0.6) is 0 Å². The maximum Gasteiger partial charge on any atom is 0.222 e. The van der Waals surface area contributed by atoms with Crippen LogP contribution in [0.1, 0.15) is 39.0 Å². The van der Waals surface area contributed by atoms with Gasteiger partial charge in [-0.1, -0.05) is 13.3 Å². The maximum absolute atomic E-state index is 12.1. The van der Waals surface area contributed by atoms with Crippen molar-refractivity contribution < 1.29 is 9.90 Å². The summed E-state index contributed by atoms with van der Waals surface area (Å²) in [5.74, 6) is 1.04. The minimum absolute atomic E-state index is 0.229. The normalized spacial score (nSPS) is 22.5. The summed E-state index contributed by atoms with van der Waals surface area (Å²) in [4.78, 5) is 14.0. The Morgan fingerprint density at radius 2 is 2.35 bits per heavy atom. The first-order chi connectivity index (χ1) is 8.21. The van der Waals surface area contributed by atoms with Crippen LogP contribution in [0.15, 0.2) is 0 Å². The molecule has 1 amide bonds. The molecule has 0 radical (unpaired) electrons. The van der Waals surface area contributed by atoms with Gasteiger partial charge in [-0.2, -0.15) is 0 Å². The number of aliphatic hydroxyl groups is 1. The van der Waals surface area contributed by atoms with E-state index >= 15 is 0 Å². The van der Waals surface area contributed by atoms with Crippen LogP contribution < -0.4 is 5.73 Å². The standard InChI is InChI=1S/C13H26N2O2/c1-2-11(9-14)8-13(17)15-6-3-4-12(10-15)5-7-16/h11-12,16H,2-10,14H2,1H3. The van der Waals surface area contributed by atoms with Crippen molar-refractivity contribution in [2.24, 2.45) is 17.6 Å². The second-order valence-electron chi connectivity index (χ2n) is 5.07. The monoisotopic (exact) mass is 242 g/mol. The van der Waals surface area contributed by atoms with Gasteiger partial charge in [-0.3, -0.25) is 4.79 Å². The van der Waals surface area contributed by atoms with E-state index in [0.717, 1.165) is 38.8 Å². The van der Waals surface area contributed by atoms with E-state index in [9.17, 15) is 4.79 Å². The fraction of sp³-hybridized carbons (Fsp3) is 0.923. The van der Waals surface area contributed by atoms with Crippen LogP contribution in [-0.4, -0.2) is 42.2 Å². The molecule has 2 atom stereocenters. The van der Waals surface area contributed by atoms with Gasteiger partial charge in [-0.05, 0) is 37.6 Å². The minimum atomic E-state index is 0.229. The molecule has 0 saturated carbocycles. The number of likely N-dealkylation sites (tertiary alicyclic amines) is 1. The molecule has 1 aliphatic rings. The van der Waals surface area contributed by atoms with E-state index in [4.69, 9.17) is 10.8 Å². The number of hydrogen-bond acceptors (Lipinski definition) is 3. The van der Waals surface area contributed by atoms with E-state index in [1.807, 2.05) is 4.90 Å². The number of carbonyl (C=O) groups excluding carboxylic acids is 1. The molecule has 0 aromatic heterocycles. The summed E-state index contributed by atoms with van der Waals surface area (Å²) in [6.07, 6.45) is 4.57. The zero-order valence-corrected chi connectivity index (χ0v) is 10.9. The summed E-state index contributed by atoms with van der Waals surface area (Å²) < 4.78 is 0. The van der Waals surface area contributed by atoms with Gasteiger partial charge in [0.2, 0.25) is 5.91 Å². The van der Waals surface area contributed by atoms with Crippen LogP contribution in [-0.2, 0) is 4.79 Å². The molecule has 0 aromatic carbocycles. The molecule has 1 aliphatic heterocycles. The number of rotatable bonds is 6. The number of amides is 1. The topological polar surface area (TPSA) is 66.6 Å². The average molecular weight is 242 g/mol. The van der Waals surface area contributed by atoms with Gasteiger partial charge in [0.05, 0.1) is 0 Å². The highest BCUT2D eigenvalue weighted by molar-refractivity contribution is 5.76. The fourth-order valence-electron chi connectivity index (χ4n) is 2.48. The Kier molecular flexibility index (Phi) is 6.52. The zero-order chi connectivity index (χ0) is 12.7. The highest BCUT2D eigenvalue weighted by Gasteiger charge is 2.24. The molecule has 4 heteroatoms. The number of nitrogens with zero attached hydrogens (tertiary/aromatic N) is 1. The predicted octanol–water partition coefficient (Wildman–Crippen LogP) is 0.982. The molecule has 0 spiro atoms. The molecule has 0 aromatic rings. The molecular formula is C13H26N2O2. The molecule has 3 N–H and O–H groups in total. The van der Waals surface area contributed by atoms with Gasteiger partial charge in [0.1, 0.15) is 0 Å². The first-order valence-corrected chi connectivity index (χ1v) is 6.79. The molecule has 100 valence electrons. The lowest BCUT2D eigenvalue weighted by Gasteiger charge is -2.33. The SMILES string of the molecule is CCC(CN)CC(=O)N1CCCC(CCO)C1. The first-order valence-electron chi connectivity index (χ1n) is 6.79. The summed E-state index contributed by atoms with van der Waals surface area (Å²) in [6, 6.07) is 0. The van der Waals surface area contributed by atoms with E-state index < -0.39 is 0 Å². The Hall–Kier alpha value is -0.610. The summed E-state index contributed by atoms with van der Waals surface area (Å²) >= 11 is 0. The molecule has 2 unspecified atom stereocenters. The number of hydrogen-bond donors (Lipinski definition) is 2. The summed E-state index contributed by atoms with van der Waals surface area (Å²) in [7, 11) is 0. The molecule has 0 aliphatic carbocycles. The van der Waals surface area contributed by atoms with E-state index in [1.54, 1.807) is 0 Å². The lowest BCUT2D eigenvalue weighted by atomic mass is 9.94. The van der Waals surface area contributed by atoms with Crippen LogP contribution in [0.25, 0.3) is 0 Å². The summed E-state index contributed by atoms with van der Waals surface area (Å²) in [5, 5.41) is 8.94. The van der Waals surface area contributed by atoms with Crippen molar-refractivity contribution in [3.63, 3.8) is 0 Å². The van der Waals surface area contributed by atoms with Crippen LogP contribution in [0.4, 0.5) is 0 Å². The number of piperidine rings is 1. The van der Waals surface area contributed by atoms with Crippen molar-refractivity contribution >= 4 is 5.91 Å². The van der Waals surface area contributed by atoms with E-state index in [-0.39, 0.29) is 12.5 Å². The summed E-state index contributed by atoms with van der Waals surface area (Å²) in [6.45, 7) is 4.60. The third-order valence-corrected chi connectivity index (χ3v) is 3.78. The fourth-order valence-corrected chi connectivity index (χ4v) is 2.48. The molecule has 1 saturated heterocycles. The molecular weight excluding hydrogens is 216 g/mol. The van der Waals surface area contributed by atoms with Gasteiger partial charge in [0.25, 0.3) is 0 Å². The Bertz CT molecular complexity index is 227. The molecule has 1 rings (SSSR count). The second kappa shape index (κ2) is 7.67. The molecule has 0 bridgehead atoms. The van der Waals surface area contributed by atoms with Crippen molar-refractivity contribution in [2.45, 2.75) is 39.0 Å². The van der Waals surface area contributed by atoms with Crippen molar-refractivity contribution in [3.8, 4) is 0 Å². The van der Waals surface area contributed by atoms with Gasteiger partial charge in [-0.25, -0.2) is 0 Å². The third kappa shape index (κ3) is 4.64. The van der Waals surface area contributed by atoms with Crippen molar-refractivity contribution in [1.29, 1.82) is 0 Å². The van der Waals surface area contributed by atoms with Crippen LogP contribution in [0.2, 0.25) is 0 Å². The molecule has 1 heterocycles. The van der Waals surface area contributed by atoms with Crippen molar-refractivity contribution in [3.05, 3.63) is 0 Å². The third-order valence-electron chi connectivity index (χ3n) is 3.78. The molecule has 4 nitrogen and oxygen atoms in total. The summed E-state index contributed by atoms with van der Waals surface area (Å²) in [5.41, 5.74) is 5.63. The maximum atomic E-state index is 12.1. The second-order valence-corrected chi connectivity index (χ2v) is 5.07. The Morgan fingerprint density at radius 1 is 1.59 bits per heavy atom. The van der Waals surface area contributed by atoms with Gasteiger partial charge in [-0.15, -0.1) is 0 Å². The van der Waals surface area contributed by atoms with Crippen LogP contribution in [0, 0.1) is 11.8 Å². The quantitative estimate of drug-likeness (QED) is 0.729. The predicted molar refractivity (Wildman–Crippen MR) is 68.5 cm³/mol. The van der Waals surface area contributed by atoms with Gasteiger partial charge in [0.15, 0.2) is 0 Å². The number of aliphatic hydroxyl groups excluding tert-OH is 1. The highest BCUT2D eigenvalue weighted by Crippen LogP contribution is 2.21. The lowest BCUT2D eigenvalue weighted by Crippen LogP contribution is -2.41. The zero-order valence-electron chi connectivity index (χ0n) is 10.9. The van der Waals surface area contributed by atoms with Crippen LogP contribution >= 0.6 is 0 Å². The van der Waals surface area contributed by atoms with Crippen molar-refractivity contribution in [2.75, 3.05) is 26.2 Å². The van der Waals surface area contributed by atoms with E-state index in [0.29, 0.717) is 24.8 Å². The van der Waals surface area contributed by atoms with Crippen LogP contribution in [0.3, 0.4) is 0 Å². The Labute approximate surface area is 104 Å². The lowest BCUT2D eigenvalue weighted by molar-refractivity contribution is -0.134. The van der Waals surface area contributed by atoms with Gasteiger partial charge >= 0.3 is 0 Å². The average Bonchev–Trinajstić information content (AvgIpc) is 2.36. The van der Waals surface area contributed by atoms with E-state index in [2.05, 4.69) is 6.92 Å². The highest BCUT2D eigenvalue weighted by atomic mass is 16.3. The number of nitrogens with two attached hydrogens (primary N) is 1. The first kappa shape index (κ1) is 14.5. The van der Waals surface area contributed by atoms with Crippen molar-refractivity contribution in [1.82, 2.24) is 4.90 Å². The Morgan fingerprint density at radius 3 is 2.94 bits per heavy atom. The largest absolute Gasteiger partial charge is 0.396 e. The molecule has 17 heavy (non-hydrogen) atoms. The minimum Gasteiger partial charge on any atom is -0.396 e. The smallest absolute Gasteiger partial charge is 0.222 e. The number of carbonyl (C=O) groups is 1.